The minimum Gasteiger partial charge on any atom is -0.475 e. The van der Waals surface area contributed by atoms with Crippen molar-refractivity contribution >= 4 is 11.9 Å². The SMILES string of the molecule is O=C(O)C(F)(F)F.c1cnc(N2CCC3(CCCN(CC4CC4)C3)CC2)nc1. The predicted octanol–water partition coefficient (Wildman–Crippen LogP) is 3.20. The Balaban J connectivity index is 0.000000279. The summed E-state index contributed by atoms with van der Waals surface area (Å²) in [7, 11) is 0. The summed E-state index contributed by atoms with van der Waals surface area (Å²) in [6.07, 6.45) is 7.02. The number of carbonyl (C=O) groups is 1. The van der Waals surface area contributed by atoms with Crippen LogP contribution in [0.15, 0.2) is 18.5 Å². The lowest BCUT2D eigenvalue weighted by atomic mass is 9.72. The Labute approximate surface area is 162 Å². The molecule has 0 unspecified atom stereocenters. The first-order valence-corrected chi connectivity index (χ1v) is 9.82. The molecule has 3 fully saturated rings. The third kappa shape index (κ3) is 5.80. The van der Waals surface area contributed by atoms with Crippen molar-refractivity contribution < 1.29 is 23.1 Å². The molecule has 156 valence electrons. The number of aromatic nitrogens is 2. The lowest BCUT2D eigenvalue weighted by Crippen LogP contribution is -2.50. The molecule has 1 saturated carbocycles. The zero-order valence-electron chi connectivity index (χ0n) is 15.9. The molecule has 2 saturated heterocycles. The smallest absolute Gasteiger partial charge is 0.475 e. The first-order valence-electron chi connectivity index (χ1n) is 9.82. The number of nitrogens with zero attached hydrogens (tertiary/aromatic N) is 4. The second-order valence-electron chi connectivity index (χ2n) is 8.12. The maximum Gasteiger partial charge on any atom is 0.490 e. The Morgan fingerprint density at radius 2 is 1.75 bits per heavy atom. The van der Waals surface area contributed by atoms with Crippen LogP contribution in [0.2, 0.25) is 0 Å². The van der Waals surface area contributed by atoms with Gasteiger partial charge in [0.1, 0.15) is 0 Å². The lowest BCUT2D eigenvalue weighted by Gasteiger charge is -2.47. The van der Waals surface area contributed by atoms with Crippen molar-refractivity contribution in [2.45, 2.75) is 44.7 Å². The summed E-state index contributed by atoms with van der Waals surface area (Å²) in [6, 6.07) is 1.89. The van der Waals surface area contributed by atoms with Gasteiger partial charge in [-0.2, -0.15) is 13.2 Å². The van der Waals surface area contributed by atoms with Crippen LogP contribution in [0.25, 0.3) is 0 Å². The minimum absolute atomic E-state index is 0.582. The maximum atomic E-state index is 10.6. The molecule has 1 aromatic rings. The fraction of sp³-hybridized carbons (Fsp3) is 0.737. The van der Waals surface area contributed by atoms with Gasteiger partial charge in [-0.1, -0.05) is 0 Å². The number of hydrogen-bond donors (Lipinski definition) is 1. The van der Waals surface area contributed by atoms with Crippen molar-refractivity contribution in [2.75, 3.05) is 37.6 Å². The summed E-state index contributed by atoms with van der Waals surface area (Å²) in [5.74, 6) is -0.816. The van der Waals surface area contributed by atoms with Gasteiger partial charge in [0.2, 0.25) is 5.95 Å². The van der Waals surface area contributed by atoms with E-state index in [2.05, 4.69) is 19.8 Å². The Morgan fingerprint density at radius 1 is 1.14 bits per heavy atom. The lowest BCUT2D eigenvalue weighted by molar-refractivity contribution is -0.192. The average molecular weight is 400 g/mol. The molecular weight excluding hydrogens is 373 g/mol. The van der Waals surface area contributed by atoms with Gasteiger partial charge in [-0.05, 0) is 62.5 Å². The number of hydrogen-bond acceptors (Lipinski definition) is 5. The molecule has 9 heteroatoms. The van der Waals surface area contributed by atoms with Gasteiger partial charge in [-0.25, -0.2) is 14.8 Å². The van der Waals surface area contributed by atoms with E-state index in [9.17, 15) is 13.2 Å². The van der Waals surface area contributed by atoms with Crippen LogP contribution in [0.5, 0.6) is 0 Å². The summed E-state index contributed by atoms with van der Waals surface area (Å²) in [4.78, 5) is 22.8. The van der Waals surface area contributed by atoms with Crippen molar-refractivity contribution in [3.8, 4) is 0 Å². The summed E-state index contributed by atoms with van der Waals surface area (Å²) in [6.45, 7) is 6.30. The Kier molecular flexibility index (Phi) is 6.42. The number of rotatable bonds is 3. The molecule has 28 heavy (non-hydrogen) atoms. The molecule has 4 rings (SSSR count). The monoisotopic (exact) mass is 400 g/mol. The minimum atomic E-state index is -5.08. The van der Waals surface area contributed by atoms with E-state index < -0.39 is 12.1 Å². The van der Waals surface area contributed by atoms with Gasteiger partial charge in [0.05, 0.1) is 0 Å². The summed E-state index contributed by atoms with van der Waals surface area (Å²) in [5.41, 5.74) is 0.582. The molecule has 0 aromatic carbocycles. The van der Waals surface area contributed by atoms with Crippen LogP contribution in [-0.2, 0) is 4.79 Å². The molecule has 1 aromatic heterocycles. The second-order valence-corrected chi connectivity index (χ2v) is 8.12. The molecule has 0 radical (unpaired) electrons. The van der Waals surface area contributed by atoms with Crippen molar-refractivity contribution in [3.63, 3.8) is 0 Å². The number of piperidine rings is 2. The van der Waals surface area contributed by atoms with E-state index in [4.69, 9.17) is 9.90 Å². The number of halogens is 3. The Hall–Kier alpha value is -1.90. The Bertz CT molecular complexity index is 644. The van der Waals surface area contributed by atoms with E-state index >= 15 is 0 Å². The van der Waals surface area contributed by atoms with Crippen molar-refractivity contribution in [3.05, 3.63) is 18.5 Å². The highest BCUT2D eigenvalue weighted by atomic mass is 19.4. The van der Waals surface area contributed by atoms with Crippen LogP contribution in [0.4, 0.5) is 19.1 Å². The number of aliphatic carboxylic acids is 1. The second kappa shape index (κ2) is 8.63. The van der Waals surface area contributed by atoms with E-state index in [1.54, 1.807) is 0 Å². The van der Waals surface area contributed by atoms with Gasteiger partial charge in [0.15, 0.2) is 0 Å². The van der Waals surface area contributed by atoms with Crippen molar-refractivity contribution in [2.24, 2.45) is 11.3 Å². The molecule has 2 aliphatic heterocycles. The largest absolute Gasteiger partial charge is 0.490 e. The maximum absolute atomic E-state index is 10.6. The fourth-order valence-corrected chi connectivity index (χ4v) is 4.18. The normalized spacial score (nSPS) is 22.5. The third-order valence-electron chi connectivity index (χ3n) is 5.86. The zero-order chi connectivity index (χ0) is 20.2. The first-order chi connectivity index (χ1) is 13.3. The van der Waals surface area contributed by atoms with Crippen LogP contribution in [-0.4, -0.2) is 64.8 Å². The average Bonchev–Trinajstić information content (AvgIpc) is 3.47. The number of anilines is 1. The number of carboxylic acid groups (broad SMARTS) is 1. The van der Waals surface area contributed by atoms with Crippen LogP contribution >= 0.6 is 0 Å². The summed E-state index contributed by atoms with van der Waals surface area (Å²) in [5, 5.41) is 7.12. The number of carboxylic acids is 1. The fourth-order valence-electron chi connectivity index (χ4n) is 4.18. The highest BCUT2D eigenvalue weighted by Gasteiger charge is 2.40. The molecule has 0 bridgehead atoms. The van der Waals surface area contributed by atoms with Gasteiger partial charge < -0.3 is 14.9 Å². The zero-order valence-corrected chi connectivity index (χ0v) is 15.9. The van der Waals surface area contributed by atoms with Crippen LogP contribution in [0.3, 0.4) is 0 Å². The van der Waals surface area contributed by atoms with Gasteiger partial charge >= 0.3 is 12.1 Å². The molecule has 0 amide bonds. The van der Waals surface area contributed by atoms with Crippen molar-refractivity contribution in [1.82, 2.24) is 14.9 Å². The van der Waals surface area contributed by atoms with Gasteiger partial charge in [-0.15, -0.1) is 0 Å². The molecule has 1 N–H and O–H groups in total. The van der Waals surface area contributed by atoms with E-state index in [0.717, 1.165) is 25.0 Å². The molecule has 1 aliphatic carbocycles. The highest BCUT2D eigenvalue weighted by Crippen LogP contribution is 2.41. The van der Waals surface area contributed by atoms with E-state index in [0.29, 0.717) is 5.41 Å². The quantitative estimate of drug-likeness (QED) is 0.840. The van der Waals surface area contributed by atoms with E-state index in [1.165, 1.54) is 58.2 Å². The third-order valence-corrected chi connectivity index (χ3v) is 5.86. The molecule has 0 atom stereocenters. The molecule has 6 nitrogen and oxygen atoms in total. The summed E-state index contributed by atoms with van der Waals surface area (Å²) < 4.78 is 31.7. The molecule has 3 aliphatic rings. The molecule has 3 heterocycles. The molecular formula is C19H27F3N4O2. The molecule has 1 spiro atoms. The topological polar surface area (TPSA) is 69.6 Å². The van der Waals surface area contributed by atoms with Gasteiger partial charge in [0, 0.05) is 38.6 Å². The highest BCUT2D eigenvalue weighted by molar-refractivity contribution is 5.73. The van der Waals surface area contributed by atoms with Gasteiger partial charge in [-0.3, -0.25) is 0 Å². The van der Waals surface area contributed by atoms with Crippen LogP contribution < -0.4 is 4.90 Å². The Morgan fingerprint density at radius 3 is 2.29 bits per heavy atom. The van der Waals surface area contributed by atoms with Crippen molar-refractivity contribution in [1.29, 1.82) is 0 Å². The van der Waals surface area contributed by atoms with E-state index in [1.807, 2.05) is 18.5 Å². The van der Waals surface area contributed by atoms with Gasteiger partial charge in [0.25, 0.3) is 0 Å². The van der Waals surface area contributed by atoms with Crippen LogP contribution in [0, 0.1) is 11.3 Å². The summed E-state index contributed by atoms with van der Waals surface area (Å²) >= 11 is 0. The number of alkyl halides is 3. The first kappa shape index (κ1) is 20.8. The van der Waals surface area contributed by atoms with Crippen LogP contribution in [0.1, 0.15) is 38.5 Å². The van der Waals surface area contributed by atoms with E-state index in [-0.39, 0.29) is 0 Å². The predicted molar refractivity (Wildman–Crippen MR) is 98.0 cm³/mol. The standard InChI is InChI=1S/C17H26N4.C2HF3O2/c1-5-17(14-20(10-1)13-15-3-4-15)6-11-21(12-7-17)16-18-8-2-9-19-16;3-2(4,5)1(6)7/h2,8-9,15H,1,3-7,10-14H2;(H,6,7). The number of likely N-dealkylation sites (tertiary alicyclic amines) is 1.